The Morgan fingerprint density at radius 3 is 2.23 bits per heavy atom. The van der Waals surface area contributed by atoms with E-state index in [1.54, 1.807) is 67.8 Å². The second-order valence-electron chi connectivity index (χ2n) is 7.40. The molecule has 0 aliphatic rings. The summed E-state index contributed by atoms with van der Waals surface area (Å²) in [6, 6.07) is 20.8. The minimum Gasteiger partial charge on any atom is -0.493 e. The molecule has 3 aromatic carbocycles. The van der Waals surface area contributed by atoms with Crippen molar-refractivity contribution in [3.63, 3.8) is 0 Å². The SMILES string of the molecule is COc1ccccc1Oc1ccc(NC(=O)CCCC(=O)OCC(=O)Nc2cccc(Cl)c2)cc1. The maximum atomic E-state index is 12.2. The Bertz CT molecular complexity index is 1170. The minimum absolute atomic E-state index is 0.0174. The second kappa shape index (κ2) is 13.0. The van der Waals surface area contributed by atoms with Crippen LogP contribution in [0.4, 0.5) is 11.4 Å². The molecule has 2 N–H and O–H groups in total. The van der Waals surface area contributed by atoms with Gasteiger partial charge in [-0.25, -0.2) is 0 Å². The molecule has 0 saturated carbocycles. The molecule has 0 radical (unpaired) electrons. The molecular formula is C26H25ClN2O6. The first-order valence-electron chi connectivity index (χ1n) is 10.8. The number of esters is 1. The molecule has 3 rings (SSSR count). The third-order valence-corrected chi connectivity index (χ3v) is 4.93. The third kappa shape index (κ3) is 8.68. The molecule has 35 heavy (non-hydrogen) atoms. The van der Waals surface area contributed by atoms with Crippen molar-refractivity contribution in [3.05, 3.63) is 77.8 Å². The molecule has 0 fully saturated rings. The van der Waals surface area contributed by atoms with E-state index in [9.17, 15) is 14.4 Å². The molecule has 0 bridgehead atoms. The minimum atomic E-state index is -0.558. The highest BCUT2D eigenvalue weighted by atomic mass is 35.5. The van der Waals surface area contributed by atoms with Crippen molar-refractivity contribution < 1.29 is 28.6 Å². The highest BCUT2D eigenvalue weighted by Gasteiger charge is 2.10. The van der Waals surface area contributed by atoms with E-state index in [2.05, 4.69) is 10.6 Å². The molecule has 0 atom stereocenters. The van der Waals surface area contributed by atoms with Crippen molar-refractivity contribution in [1.82, 2.24) is 0 Å². The molecule has 0 saturated heterocycles. The zero-order valence-electron chi connectivity index (χ0n) is 19.1. The van der Waals surface area contributed by atoms with Gasteiger partial charge in [-0.3, -0.25) is 14.4 Å². The Balaban J connectivity index is 1.34. The number of nitrogens with one attached hydrogen (secondary N) is 2. The topological polar surface area (TPSA) is 103 Å². The Kier molecular flexibility index (Phi) is 9.50. The van der Waals surface area contributed by atoms with E-state index in [4.69, 9.17) is 25.8 Å². The summed E-state index contributed by atoms with van der Waals surface area (Å²) < 4.78 is 16.0. The van der Waals surface area contributed by atoms with E-state index < -0.39 is 18.5 Å². The molecule has 9 heteroatoms. The summed E-state index contributed by atoms with van der Waals surface area (Å²) in [5.74, 6) is 0.517. The van der Waals surface area contributed by atoms with Gasteiger partial charge in [-0.2, -0.15) is 0 Å². The molecule has 2 amide bonds. The summed E-state index contributed by atoms with van der Waals surface area (Å²) >= 11 is 5.86. The molecule has 0 heterocycles. The van der Waals surface area contributed by atoms with Crippen LogP contribution in [-0.2, 0) is 19.1 Å². The summed E-state index contributed by atoms with van der Waals surface area (Å²) in [6.07, 6.45) is 0.433. The lowest BCUT2D eigenvalue weighted by atomic mass is 10.2. The number of halogens is 1. The lowest BCUT2D eigenvalue weighted by molar-refractivity contribution is -0.147. The molecule has 3 aromatic rings. The van der Waals surface area contributed by atoms with Crippen LogP contribution in [-0.4, -0.2) is 31.5 Å². The maximum absolute atomic E-state index is 12.2. The van der Waals surface area contributed by atoms with Crippen LogP contribution in [0.5, 0.6) is 17.2 Å². The number of ether oxygens (including phenoxy) is 3. The molecule has 0 aliphatic carbocycles. The van der Waals surface area contributed by atoms with Crippen molar-refractivity contribution in [2.45, 2.75) is 19.3 Å². The normalized spacial score (nSPS) is 10.2. The van der Waals surface area contributed by atoms with Gasteiger partial charge in [0.25, 0.3) is 5.91 Å². The van der Waals surface area contributed by atoms with Gasteiger partial charge in [0.05, 0.1) is 7.11 Å². The quantitative estimate of drug-likeness (QED) is 0.343. The number of amides is 2. The Hall–Kier alpha value is -4.04. The zero-order valence-corrected chi connectivity index (χ0v) is 19.8. The standard InChI is InChI=1S/C26H25ClN2O6/c1-33-22-8-2-3-9-23(22)35-21-14-12-19(13-15-21)28-24(30)10-5-11-26(32)34-17-25(31)29-20-7-4-6-18(27)16-20/h2-4,6-9,12-16H,5,10-11,17H2,1H3,(H,28,30)(H,29,31). The van der Waals surface area contributed by atoms with E-state index in [-0.39, 0.29) is 25.2 Å². The Labute approximate surface area is 208 Å². The van der Waals surface area contributed by atoms with Gasteiger partial charge >= 0.3 is 5.97 Å². The van der Waals surface area contributed by atoms with Gasteiger partial charge in [-0.1, -0.05) is 29.8 Å². The van der Waals surface area contributed by atoms with Crippen LogP contribution in [0.1, 0.15) is 19.3 Å². The van der Waals surface area contributed by atoms with E-state index in [1.807, 2.05) is 12.1 Å². The molecular weight excluding hydrogens is 472 g/mol. The second-order valence-corrected chi connectivity index (χ2v) is 7.83. The molecule has 0 aliphatic heterocycles. The highest BCUT2D eigenvalue weighted by molar-refractivity contribution is 6.30. The number of carbonyl (C=O) groups is 3. The summed E-state index contributed by atoms with van der Waals surface area (Å²) in [4.78, 5) is 35.9. The van der Waals surface area contributed by atoms with E-state index in [1.165, 1.54) is 0 Å². The lowest BCUT2D eigenvalue weighted by Crippen LogP contribution is -2.21. The fourth-order valence-corrected chi connectivity index (χ4v) is 3.22. The smallest absolute Gasteiger partial charge is 0.306 e. The van der Waals surface area contributed by atoms with Crippen molar-refractivity contribution in [1.29, 1.82) is 0 Å². The van der Waals surface area contributed by atoms with Crippen molar-refractivity contribution in [2.24, 2.45) is 0 Å². The first-order chi connectivity index (χ1) is 16.9. The molecule has 0 unspecified atom stereocenters. The fraction of sp³-hybridized carbons (Fsp3) is 0.192. The number of carbonyl (C=O) groups excluding carboxylic acids is 3. The molecule has 0 aromatic heterocycles. The van der Waals surface area contributed by atoms with Gasteiger partial charge < -0.3 is 24.8 Å². The first-order valence-corrected chi connectivity index (χ1v) is 11.2. The van der Waals surface area contributed by atoms with Crippen molar-refractivity contribution in [3.8, 4) is 17.2 Å². The molecule has 182 valence electrons. The summed E-state index contributed by atoms with van der Waals surface area (Å²) in [7, 11) is 1.57. The van der Waals surface area contributed by atoms with Gasteiger partial charge in [0.2, 0.25) is 5.91 Å². The van der Waals surface area contributed by atoms with Gasteiger partial charge in [0, 0.05) is 29.2 Å². The highest BCUT2D eigenvalue weighted by Crippen LogP contribution is 2.31. The Morgan fingerprint density at radius 2 is 1.51 bits per heavy atom. The third-order valence-electron chi connectivity index (χ3n) is 4.69. The number of para-hydroxylation sites is 2. The van der Waals surface area contributed by atoms with Gasteiger partial charge in [0.1, 0.15) is 5.75 Å². The van der Waals surface area contributed by atoms with Crippen LogP contribution in [0.2, 0.25) is 5.02 Å². The van der Waals surface area contributed by atoms with E-state index >= 15 is 0 Å². The first kappa shape index (κ1) is 25.6. The monoisotopic (exact) mass is 496 g/mol. The summed E-state index contributed by atoms with van der Waals surface area (Å²) in [5, 5.41) is 5.83. The van der Waals surface area contributed by atoms with E-state index in [0.717, 1.165) is 0 Å². The largest absolute Gasteiger partial charge is 0.493 e. The van der Waals surface area contributed by atoms with Crippen LogP contribution in [0.15, 0.2) is 72.8 Å². The number of benzene rings is 3. The summed E-state index contributed by atoms with van der Waals surface area (Å²) in [6.45, 7) is -0.416. The predicted molar refractivity (Wildman–Crippen MR) is 133 cm³/mol. The number of hydrogen-bond acceptors (Lipinski definition) is 6. The predicted octanol–water partition coefficient (Wildman–Crippen LogP) is 5.43. The average molecular weight is 497 g/mol. The zero-order chi connectivity index (χ0) is 25.0. The van der Waals surface area contributed by atoms with Crippen LogP contribution in [0, 0.1) is 0 Å². The van der Waals surface area contributed by atoms with Crippen LogP contribution < -0.4 is 20.1 Å². The number of methoxy groups -OCH3 is 1. The van der Waals surface area contributed by atoms with Crippen molar-refractivity contribution in [2.75, 3.05) is 24.4 Å². The van der Waals surface area contributed by atoms with Crippen LogP contribution in [0.3, 0.4) is 0 Å². The number of rotatable bonds is 11. The molecule has 0 spiro atoms. The van der Waals surface area contributed by atoms with Crippen LogP contribution >= 0.6 is 11.6 Å². The van der Waals surface area contributed by atoms with E-state index in [0.29, 0.717) is 33.6 Å². The maximum Gasteiger partial charge on any atom is 0.306 e. The lowest BCUT2D eigenvalue weighted by Gasteiger charge is -2.11. The fourth-order valence-electron chi connectivity index (χ4n) is 3.03. The van der Waals surface area contributed by atoms with Crippen molar-refractivity contribution >= 4 is 40.8 Å². The average Bonchev–Trinajstić information content (AvgIpc) is 2.84. The van der Waals surface area contributed by atoms with Gasteiger partial charge in [-0.15, -0.1) is 0 Å². The number of hydrogen-bond donors (Lipinski definition) is 2. The Morgan fingerprint density at radius 1 is 0.800 bits per heavy atom. The van der Waals surface area contributed by atoms with Gasteiger partial charge in [0.15, 0.2) is 18.1 Å². The van der Waals surface area contributed by atoms with Crippen LogP contribution in [0.25, 0.3) is 0 Å². The number of anilines is 2. The summed E-state index contributed by atoms with van der Waals surface area (Å²) in [5.41, 5.74) is 1.11. The molecule has 8 nitrogen and oxygen atoms in total. The van der Waals surface area contributed by atoms with Gasteiger partial charge in [-0.05, 0) is 61.0 Å².